The van der Waals surface area contributed by atoms with Crippen molar-refractivity contribution in [1.82, 2.24) is 29.5 Å². The fourth-order valence-corrected chi connectivity index (χ4v) is 2.97. The maximum Gasteiger partial charge on any atom is 0.252 e. The molecule has 0 spiro atoms. The fourth-order valence-electron chi connectivity index (χ4n) is 2.97. The number of benzene rings is 1. The van der Waals surface area contributed by atoms with Gasteiger partial charge in [-0.1, -0.05) is 30.3 Å². The standard InChI is InChI=1S/C20H20N6/c1-15-23-20-22-11-18(13-26(20)24-15)17-8-6-16(7-9-17)12-25(2)14-19-5-3-4-10-21-19/h3-11,13H,12,14H2,1-2H3. The molecule has 0 radical (unpaired) electrons. The Kier molecular flexibility index (Phi) is 4.41. The summed E-state index contributed by atoms with van der Waals surface area (Å²) in [5.74, 6) is 1.35. The Hall–Kier alpha value is -3.12. The second kappa shape index (κ2) is 7.01. The van der Waals surface area contributed by atoms with Gasteiger partial charge in [-0.15, -0.1) is 0 Å². The second-order valence-corrected chi connectivity index (χ2v) is 6.44. The van der Waals surface area contributed by atoms with Crippen molar-refractivity contribution < 1.29 is 0 Å². The zero-order valence-electron chi connectivity index (χ0n) is 14.9. The van der Waals surface area contributed by atoms with Gasteiger partial charge in [0.25, 0.3) is 5.78 Å². The van der Waals surface area contributed by atoms with Crippen molar-refractivity contribution >= 4 is 5.78 Å². The molecule has 0 N–H and O–H groups in total. The molecule has 0 unspecified atom stereocenters. The van der Waals surface area contributed by atoms with E-state index < -0.39 is 0 Å². The molecule has 0 aliphatic carbocycles. The largest absolute Gasteiger partial charge is 0.296 e. The molecule has 4 rings (SSSR count). The predicted octanol–water partition coefficient (Wildman–Crippen LogP) is 3.13. The molecule has 0 fully saturated rings. The average molecular weight is 344 g/mol. The van der Waals surface area contributed by atoms with Gasteiger partial charge in [-0.3, -0.25) is 9.88 Å². The number of nitrogens with zero attached hydrogens (tertiary/aromatic N) is 6. The normalized spacial score (nSPS) is 11.3. The lowest BCUT2D eigenvalue weighted by atomic mass is 10.1. The van der Waals surface area contributed by atoms with E-state index in [4.69, 9.17) is 0 Å². The molecule has 3 aromatic heterocycles. The number of hydrogen-bond acceptors (Lipinski definition) is 5. The number of pyridine rings is 1. The lowest BCUT2D eigenvalue weighted by molar-refractivity contribution is 0.315. The van der Waals surface area contributed by atoms with Crippen LogP contribution in [0, 0.1) is 6.92 Å². The van der Waals surface area contributed by atoms with Crippen LogP contribution in [0.5, 0.6) is 0 Å². The van der Waals surface area contributed by atoms with E-state index in [0.717, 1.165) is 35.7 Å². The van der Waals surface area contributed by atoms with Gasteiger partial charge in [0.2, 0.25) is 0 Å². The van der Waals surface area contributed by atoms with Crippen LogP contribution in [0.15, 0.2) is 61.1 Å². The van der Waals surface area contributed by atoms with E-state index in [1.165, 1.54) is 5.56 Å². The minimum atomic E-state index is 0.624. The third-order valence-corrected chi connectivity index (χ3v) is 4.20. The van der Waals surface area contributed by atoms with E-state index in [1.54, 1.807) is 4.52 Å². The quantitative estimate of drug-likeness (QED) is 0.557. The van der Waals surface area contributed by atoms with Gasteiger partial charge in [0.1, 0.15) is 5.82 Å². The zero-order chi connectivity index (χ0) is 17.9. The molecule has 3 heterocycles. The zero-order valence-corrected chi connectivity index (χ0v) is 14.9. The first kappa shape index (κ1) is 16.4. The molecule has 1 aromatic carbocycles. The first-order chi connectivity index (χ1) is 12.7. The highest BCUT2D eigenvalue weighted by Gasteiger charge is 2.06. The molecule has 4 aromatic rings. The molecule has 0 atom stereocenters. The van der Waals surface area contributed by atoms with Crippen molar-refractivity contribution in [2.75, 3.05) is 7.05 Å². The molecule has 6 heteroatoms. The summed E-state index contributed by atoms with van der Waals surface area (Å²) in [7, 11) is 2.10. The summed E-state index contributed by atoms with van der Waals surface area (Å²) in [4.78, 5) is 15.3. The number of hydrogen-bond donors (Lipinski definition) is 0. The maximum atomic E-state index is 4.38. The Morgan fingerprint density at radius 1 is 0.962 bits per heavy atom. The highest BCUT2D eigenvalue weighted by atomic mass is 15.3. The van der Waals surface area contributed by atoms with Gasteiger partial charge in [0.05, 0.1) is 5.69 Å². The van der Waals surface area contributed by atoms with Gasteiger partial charge in [0, 0.05) is 37.2 Å². The molecule has 0 aliphatic heterocycles. The second-order valence-electron chi connectivity index (χ2n) is 6.44. The molecule has 0 aliphatic rings. The van der Waals surface area contributed by atoms with Crippen LogP contribution >= 0.6 is 0 Å². The molecule has 130 valence electrons. The molecule has 0 saturated carbocycles. The Morgan fingerprint density at radius 2 is 1.81 bits per heavy atom. The van der Waals surface area contributed by atoms with E-state index in [-0.39, 0.29) is 0 Å². The molecule has 0 bridgehead atoms. The predicted molar refractivity (Wildman–Crippen MR) is 100 cm³/mol. The van der Waals surface area contributed by atoms with E-state index in [2.05, 4.69) is 62.3 Å². The summed E-state index contributed by atoms with van der Waals surface area (Å²) in [5, 5.41) is 4.33. The average Bonchev–Trinajstić information content (AvgIpc) is 3.02. The summed E-state index contributed by atoms with van der Waals surface area (Å²) in [5.41, 5.74) is 4.48. The summed E-state index contributed by atoms with van der Waals surface area (Å²) in [6.07, 6.45) is 5.63. The summed E-state index contributed by atoms with van der Waals surface area (Å²) < 4.78 is 1.72. The smallest absolute Gasteiger partial charge is 0.252 e. The molecule has 26 heavy (non-hydrogen) atoms. The fraction of sp³-hybridized carbons (Fsp3) is 0.200. The van der Waals surface area contributed by atoms with Crippen molar-refractivity contribution in [3.8, 4) is 11.1 Å². The van der Waals surface area contributed by atoms with Crippen LogP contribution in [0.1, 0.15) is 17.1 Å². The first-order valence-corrected chi connectivity index (χ1v) is 8.54. The van der Waals surface area contributed by atoms with E-state index >= 15 is 0 Å². The van der Waals surface area contributed by atoms with Gasteiger partial charge in [-0.05, 0) is 37.2 Å². The lowest BCUT2D eigenvalue weighted by Gasteiger charge is -2.16. The van der Waals surface area contributed by atoms with Gasteiger partial charge in [-0.2, -0.15) is 10.1 Å². The Morgan fingerprint density at radius 3 is 2.58 bits per heavy atom. The maximum absolute atomic E-state index is 4.38. The van der Waals surface area contributed by atoms with Crippen LogP contribution in [0.3, 0.4) is 0 Å². The molecular formula is C20H20N6. The molecular weight excluding hydrogens is 324 g/mol. The van der Waals surface area contributed by atoms with Crippen molar-refractivity contribution in [1.29, 1.82) is 0 Å². The van der Waals surface area contributed by atoms with Gasteiger partial charge >= 0.3 is 0 Å². The van der Waals surface area contributed by atoms with Crippen molar-refractivity contribution in [2.24, 2.45) is 0 Å². The van der Waals surface area contributed by atoms with Crippen LogP contribution in [0.2, 0.25) is 0 Å². The minimum Gasteiger partial charge on any atom is -0.296 e. The van der Waals surface area contributed by atoms with Crippen LogP contribution in [-0.2, 0) is 13.1 Å². The molecule has 0 amide bonds. The minimum absolute atomic E-state index is 0.624. The molecule has 6 nitrogen and oxygen atoms in total. The van der Waals surface area contributed by atoms with Gasteiger partial charge in [-0.25, -0.2) is 9.50 Å². The number of fused-ring (bicyclic) bond motifs is 1. The Bertz CT molecular complexity index is 1010. The SMILES string of the molecule is Cc1nc2ncc(-c3ccc(CN(C)Cc4ccccn4)cc3)cn2n1. The highest BCUT2D eigenvalue weighted by Crippen LogP contribution is 2.19. The lowest BCUT2D eigenvalue weighted by Crippen LogP contribution is -2.17. The third-order valence-electron chi connectivity index (χ3n) is 4.20. The van der Waals surface area contributed by atoms with Gasteiger partial charge < -0.3 is 0 Å². The first-order valence-electron chi connectivity index (χ1n) is 8.54. The summed E-state index contributed by atoms with van der Waals surface area (Å²) in [6, 6.07) is 14.6. The monoisotopic (exact) mass is 344 g/mol. The van der Waals surface area contributed by atoms with Crippen molar-refractivity contribution in [2.45, 2.75) is 20.0 Å². The number of aryl methyl sites for hydroxylation is 1. The summed E-state index contributed by atoms with van der Waals surface area (Å²) in [6.45, 7) is 3.57. The van der Waals surface area contributed by atoms with Crippen LogP contribution < -0.4 is 0 Å². The Balaban J connectivity index is 1.47. The van der Waals surface area contributed by atoms with Crippen LogP contribution in [-0.4, -0.2) is 36.5 Å². The summed E-state index contributed by atoms with van der Waals surface area (Å²) >= 11 is 0. The van der Waals surface area contributed by atoms with E-state index in [0.29, 0.717) is 5.78 Å². The van der Waals surface area contributed by atoms with Crippen LogP contribution in [0.25, 0.3) is 16.9 Å². The van der Waals surface area contributed by atoms with Crippen molar-refractivity contribution in [3.05, 3.63) is 78.1 Å². The topological polar surface area (TPSA) is 59.2 Å². The van der Waals surface area contributed by atoms with Crippen molar-refractivity contribution in [3.63, 3.8) is 0 Å². The van der Waals surface area contributed by atoms with Crippen LogP contribution in [0.4, 0.5) is 0 Å². The number of aromatic nitrogens is 5. The Labute approximate surface area is 152 Å². The number of rotatable bonds is 5. The third kappa shape index (κ3) is 3.60. The van der Waals surface area contributed by atoms with Gasteiger partial charge in [0.15, 0.2) is 0 Å². The highest BCUT2D eigenvalue weighted by molar-refractivity contribution is 5.62. The van der Waals surface area contributed by atoms with E-state index in [9.17, 15) is 0 Å². The van der Waals surface area contributed by atoms with E-state index in [1.807, 2.05) is 37.6 Å². The molecule has 0 saturated heterocycles.